The van der Waals surface area contributed by atoms with Gasteiger partial charge in [0.1, 0.15) is 17.1 Å². The van der Waals surface area contributed by atoms with Crippen molar-refractivity contribution in [1.29, 1.82) is 0 Å². The predicted molar refractivity (Wildman–Crippen MR) is 141 cm³/mol. The highest BCUT2D eigenvalue weighted by molar-refractivity contribution is 7.85. The van der Waals surface area contributed by atoms with Crippen LogP contribution < -0.4 is 10.1 Å². The largest absolute Gasteiger partial charge is 0.505 e. The third-order valence-corrected chi connectivity index (χ3v) is 7.00. The smallest absolute Gasteiger partial charge is 0.294 e. The molecule has 4 rings (SSSR count). The average molecular weight is 540 g/mol. The van der Waals surface area contributed by atoms with Crippen LogP contribution >= 0.6 is 11.6 Å². The Kier molecular flexibility index (Phi) is 7.44. The Hall–Kier alpha value is -3.99. The summed E-state index contributed by atoms with van der Waals surface area (Å²) in [5, 5.41) is 23.2. The standard InChI is InChI=1S/C26H22ClN3O6S/c1-3-36-21-11-7-6-10-19(21)28-26(32)18-14-16-8-4-5-9-17(16)24(25(18)31)30-29-20-12-13-22(37(33,34)35)15(2)23(20)27/h4-14,31H,3H2,1-2H3,(H,28,32)(H,33,34,35). The monoisotopic (exact) mass is 539 g/mol. The van der Waals surface area contributed by atoms with E-state index in [4.69, 9.17) is 16.3 Å². The fourth-order valence-electron chi connectivity index (χ4n) is 3.75. The number of fused-ring (bicyclic) bond motifs is 1. The predicted octanol–water partition coefficient (Wildman–Crippen LogP) is 6.82. The van der Waals surface area contributed by atoms with Gasteiger partial charge in [-0.2, -0.15) is 8.42 Å². The molecule has 190 valence electrons. The van der Waals surface area contributed by atoms with Crippen molar-refractivity contribution in [3.63, 3.8) is 0 Å². The zero-order chi connectivity index (χ0) is 26.7. The summed E-state index contributed by atoms with van der Waals surface area (Å²) in [6.07, 6.45) is 0. The molecule has 0 heterocycles. The van der Waals surface area contributed by atoms with Crippen molar-refractivity contribution in [2.24, 2.45) is 10.2 Å². The lowest BCUT2D eigenvalue weighted by atomic mass is 10.0. The van der Waals surface area contributed by atoms with Gasteiger partial charge in [-0.15, -0.1) is 10.2 Å². The molecule has 0 radical (unpaired) electrons. The molecule has 0 atom stereocenters. The molecule has 0 aliphatic carbocycles. The summed E-state index contributed by atoms with van der Waals surface area (Å²) < 4.78 is 38.0. The third kappa shape index (κ3) is 5.41. The summed E-state index contributed by atoms with van der Waals surface area (Å²) in [6.45, 7) is 3.66. The third-order valence-electron chi connectivity index (χ3n) is 5.53. The second-order valence-electron chi connectivity index (χ2n) is 7.92. The Morgan fingerprint density at radius 1 is 1.05 bits per heavy atom. The van der Waals surface area contributed by atoms with E-state index in [1.54, 1.807) is 54.6 Å². The van der Waals surface area contributed by atoms with Gasteiger partial charge < -0.3 is 15.2 Å². The van der Waals surface area contributed by atoms with Crippen LogP contribution in [0.15, 0.2) is 81.9 Å². The molecule has 0 spiro atoms. The molecule has 0 aliphatic rings. The first-order chi connectivity index (χ1) is 17.6. The summed E-state index contributed by atoms with van der Waals surface area (Å²) >= 11 is 6.27. The number of hydrogen-bond donors (Lipinski definition) is 3. The number of benzene rings is 4. The highest BCUT2D eigenvalue weighted by atomic mass is 35.5. The number of para-hydroxylation sites is 2. The average Bonchev–Trinajstić information content (AvgIpc) is 2.86. The molecule has 1 amide bonds. The van der Waals surface area contributed by atoms with E-state index in [2.05, 4.69) is 15.5 Å². The zero-order valence-electron chi connectivity index (χ0n) is 19.8. The second kappa shape index (κ2) is 10.6. The second-order valence-corrected chi connectivity index (χ2v) is 9.69. The minimum atomic E-state index is -4.47. The number of rotatable bonds is 7. The maximum atomic E-state index is 13.2. The molecule has 0 bridgehead atoms. The fourth-order valence-corrected chi connectivity index (χ4v) is 4.73. The van der Waals surface area contributed by atoms with Crippen LogP contribution in [0, 0.1) is 6.92 Å². The van der Waals surface area contributed by atoms with Crippen molar-refractivity contribution in [3.8, 4) is 11.5 Å². The molecule has 0 unspecified atom stereocenters. The van der Waals surface area contributed by atoms with E-state index in [0.29, 0.717) is 28.8 Å². The van der Waals surface area contributed by atoms with Gasteiger partial charge >= 0.3 is 0 Å². The molecule has 9 nitrogen and oxygen atoms in total. The minimum Gasteiger partial charge on any atom is -0.505 e. The highest BCUT2D eigenvalue weighted by Gasteiger charge is 2.21. The molecule has 0 fully saturated rings. The molecular weight excluding hydrogens is 518 g/mol. The molecule has 0 aliphatic heterocycles. The molecule has 0 aromatic heterocycles. The summed E-state index contributed by atoms with van der Waals surface area (Å²) in [5.41, 5.74) is 0.620. The van der Waals surface area contributed by atoms with Crippen molar-refractivity contribution in [2.45, 2.75) is 18.7 Å². The Morgan fingerprint density at radius 3 is 2.49 bits per heavy atom. The molecule has 4 aromatic carbocycles. The van der Waals surface area contributed by atoms with Gasteiger partial charge in [0, 0.05) is 5.39 Å². The quantitative estimate of drug-likeness (QED) is 0.174. The molecular formula is C26H22ClN3O6S. The Balaban J connectivity index is 1.78. The van der Waals surface area contributed by atoms with E-state index in [1.807, 2.05) is 6.92 Å². The van der Waals surface area contributed by atoms with Gasteiger partial charge in [0.15, 0.2) is 5.75 Å². The summed E-state index contributed by atoms with van der Waals surface area (Å²) in [7, 11) is -4.47. The highest BCUT2D eigenvalue weighted by Crippen LogP contribution is 2.41. The SMILES string of the molecule is CCOc1ccccc1NC(=O)c1cc2ccccc2c(N=Nc2ccc(S(=O)(=O)O)c(C)c2Cl)c1O. The van der Waals surface area contributed by atoms with Crippen LogP contribution in [0.2, 0.25) is 5.02 Å². The van der Waals surface area contributed by atoms with Crippen LogP contribution in [-0.4, -0.2) is 30.6 Å². The van der Waals surface area contributed by atoms with Gasteiger partial charge in [-0.1, -0.05) is 48.0 Å². The van der Waals surface area contributed by atoms with E-state index < -0.39 is 21.8 Å². The van der Waals surface area contributed by atoms with Gasteiger partial charge in [-0.25, -0.2) is 0 Å². The number of amides is 1. The lowest BCUT2D eigenvalue weighted by Crippen LogP contribution is -2.13. The molecule has 0 saturated carbocycles. The lowest BCUT2D eigenvalue weighted by molar-refractivity contribution is 0.102. The minimum absolute atomic E-state index is 0.0221. The van der Waals surface area contributed by atoms with Gasteiger partial charge in [0.2, 0.25) is 0 Å². The van der Waals surface area contributed by atoms with Gasteiger partial charge in [-0.05, 0) is 55.1 Å². The van der Waals surface area contributed by atoms with Crippen LogP contribution in [0.3, 0.4) is 0 Å². The molecule has 0 saturated heterocycles. The number of anilines is 1. The maximum absolute atomic E-state index is 13.2. The first-order valence-electron chi connectivity index (χ1n) is 11.1. The normalized spacial score (nSPS) is 11.7. The first kappa shape index (κ1) is 26.1. The number of carbonyl (C=O) groups is 1. The first-order valence-corrected chi connectivity index (χ1v) is 12.9. The van der Waals surface area contributed by atoms with Gasteiger partial charge in [0.25, 0.3) is 16.0 Å². The topological polar surface area (TPSA) is 138 Å². The number of halogens is 1. The van der Waals surface area contributed by atoms with E-state index in [0.717, 1.165) is 6.07 Å². The zero-order valence-corrected chi connectivity index (χ0v) is 21.3. The van der Waals surface area contributed by atoms with Gasteiger partial charge in [0.05, 0.1) is 27.8 Å². The Labute approximate surface area is 218 Å². The number of hydrogen-bond acceptors (Lipinski definition) is 7. The molecule has 3 N–H and O–H groups in total. The van der Waals surface area contributed by atoms with E-state index >= 15 is 0 Å². The Bertz CT molecular complexity index is 1650. The van der Waals surface area contributed by atoms with Gasteiger partial charge in [-0.3, -0.25) is 9.35 Å². The van der Waals surface area contributed by atoms with Crippen LogP contribution in [-0.2, 0) is 10.1 Å². The van der Waals surface area contributed by atoms with Crippen LogP contribution in [0.25, 0.3) is 10.8 Å². The molecule has 4 aromatic rings. The number of phenolic OH excluding ortho intramolecular Hbond substituents is 1. The maximum Gasteiger partial charge on any atom is 0.294 e. The number of phenols is 1. The van der Waals surface area contributed by atoms with E-state index in [-0.39, 0.29) is 32.4 Å². The lowest BCUT2D eigenvalue weighted by Gasteiger charge is -2.13. The van der Waals surface area contributed by atoms with Crippen molar-refractivity contribution in [2.75, 3.05) is 11.9 Å². The summed E-state index contributed by atoms with van der Waals surface area (Å²) in [4.78, 5) is 12.8. The van der Waals surface area contributed by atoms with Crippen LogP contribution in [0.1, 0.15) is 22.8 Å². The number of nitrogens with zero attached hydrogens (tertiary/aromatic N) is 2. The van der Waals surface area contributed by atoms with Crippen molar-refractivity contribution in [3.05, 3.63) is 82.9 Å². The fraction of sp³-hybridized carbons (Fsp3) is 0.115. The number of azo groups is 1. The number of nitrogens with one attached hydrogen (secondary N) is 1. The summed E-state index contributed by atoms with van der Waals surface area (Å²) in [5.74, 6) is -0.508. The number of aromatic hydroxyl groups is 1. The van der Waals surface area contributed by atoms with Crippen molar-refractivity contribution >= 4 is 55.5 Å². The van der Waals surface area contributed by atoms with Crippen LogP contribution in [0.4, 0.5) is 17.1 Å². The van der Waals surface area contributed by atoms with E-state index in [1.165, 1.54) is 13.0 Å². The Morgan fingerprint density at radius 2 is 1.76 bits per heavy atom. The van der Waals surface area contributed by atoms with Crippen molar-refractivity contribution < 1.29 is 27.6 Å². The van der Waals surface area contributed by atoms with E-state index in [9.17, 15) is 22.9 Å². The van der Waals surface area contributed by atoms with Crippen LogP contribution in [0.5, 0.6) is 11.5 Å². The van der Waals surface area contributed by atoms with Crippen molar-refractivity contribution in [1.82, 2.24) is 0 Å². The molecule has 37 heavy (non-hydrogen) atoms. The summed E-state index contributed by atoms with van der Waals surface area (Å²) in [6, 6.07) is 17.9. The number of ether oxygens (including phenoxy) is 1. The number of carbonyl (C=O) groups excluding carboxylic acids is 1. The molecule has 11 heteroatoms.